The third-order valence-electron chi connectivity index (χ3n) is 3.15. The molecule has 0 spiro atoms. The molecule has 106 valence electrons. The Bertz CT molecular complexity index is 814. The molecule has 6 heteroatoms. The Morgan fingerprint density at radius 2 is 1.81 bits per heavy atom. The minimum absolute atomic E-state index is 0.400. The maximum absolute atomic E-state index is 6.27. The molecular weight excluding hydrogens is 373 g/mol. The van der Waals surface area contributed by atoms with Crippen LogP contribution in [0.15, 0.2) is 46.9 Å². The number of nitrogens with zero attached hydrogens (tertiary/aromatic N) is 1. The Labute approximate surface area is 140 Å². The summed E-state index contributed by atoms with van der Waals surface area (Å²) in [5.41, 5.74) is 9.29. The van der Waals surface area contributed by atoms with E-state index >= 15 is 0 Å². The van der Waals surface area contributed by atoms with Gasteiger partial charge in [-0.25, -0.2) is 0 Å². The number of halogens is 3. The maximum Gasteiger partial charge on any atom is 0.153 e. The monoisotopic (exact) mass is 381 g/mol. The zero-order valence-electron chi connectivity index (χ0n) is 10.7. The SMILES string of the molecule is Nc1n[nH]c(-c2ccc(Br)c(Cl)c2)c1-c1ccccc1Cl. The van der Waals surface area contributed by atoms with E-state index in [1.165, 1.54) is 0 Å². The highest BCUT2D eigenvalue weighted by Gasteiger charge is 2.17. The summed E-state index contributed by atoms with van der Waals surface area (Å²) in [6.07, 6.45) is 0. The van der Waals surface area contributed by atoms with Gasteiger partial charge in [-0.2, -0.15) is 5.10 Å². The van der Waals surface area contributed by atoms with E-state index in [1.807, 2.05) is 42.5 Å². The van der Waals surface area contributed by atoms with Crippen molar-refractivity contribution >= 4 is 44.9 Å². The highest BCUT2D eigenvalue weighted by atomic mass is 79.9. The predicted octanol–water partition coefficient (Wildman–Crippen LogP) is 5.40. The number of aromatic nitrogens is 2. The molecule has 3 N–H and O–H groups in total. The molecule has 0 aliphatic rings. The lowest BCUT2D eigenvalue weighted by molar-refractivity contribution is 1.10. The van der Waals surface area contributed by atoms with Crippen molar-refractivity contribution in [3.05, 3.63) is 57.0 Å². The second-order valence-electron chi connectivity index (χ2n) is 4.47. The Morgan fingerprint density at radius 3 is 2.52 bits per heavy atom. The van der Waals surface area contributed by atoms with Crippen molar-refractivity contribution in [3.8, 4) is 22.4 Å². The lowest BCUT2D eigenvalue weighted by Crippen LogP contribution is -1.89. The predicted molar refractivity (Wildman–Crippen MR) is 91.6 cm³/mol. The van der Waals surface area contributed by atoms with Crippen LogP contribution in [0.1, 0.15) is 0 Å². The van der Waals surface area contributed by atoms with E-state index in [0.29, 0.717) is 15.9 Å². The third kappa shape index (κ3) is 2.67. The number of aromatic amines is 1. The Hall–Kier alpha value is -1.49. The van der Waals surface area contributed by atoms with Crippen LogP contribution in [0.4, 0.5) is 5.82 Å². The van der Waals surface area contributed by atoms with Crippen molar-refractivity contribution < 1.29 is 0 Å². The summed E-state index contributed by atoms with van der Waals surface area (Å²) >= 11 is 15.8. The van der Waals surface area contributed by atoms with E-state index in [-0.39, 0.29) is 0 Å². The first-order valence-corrected chi connectivity index (χ1v) is 7.67. The Balaban J connectivity index is 2.22. The van der Waals surface area contributed by atoms with E-state index in [0.717, 1.165) is 26.9 Å². The molecule has 0 amide bonds. The summed E-state index contributed by atoms with van der Waals surface area (Å²) in [7, 11) is 0. The van der Waals surface area contributed by atoms with Gasteiger partial charge in [0.2, 0.25) is 0 Å². The van der Waals surface area contributed by atoms with Crippen LogP contribution in [-0.2, 0) is 0 Å². The highest BCUT2D eigenvalue weighted by molar-refractivity contribution is 9.10. The lowest BCUT2D eigenvalue weighted by Gasteiger charge is -2.07. The second-order valence-corrected chi connectivity index (χ2v) is 6.14. The van der Waals surface area contributed by atoms with Crippen LogP contribution in [0.5, 0.6) is 0 Å². The molecule has 1 aromatic heterocycles. The highest BCUT2D eigenvalue weighted by Crippen LogP contribution is 2.39. The topological polar surface area (TPSA) is 54.7 Å². The van der Waals surface area contributed by atoms with Crippen molar-refractivity contribution in [2.75, 3.05) is 5.73 Å². The number of hydrogen-bond donors (Lipinski definition) is 2. The summed E-state index contributed by atoms with van der Waals surface area (Å²) in [4.78, 5) is 0. The van der Waals surface area contributed by atoms with Crippen molar-refractivity contribution in [1.29, 1.82) is 0 Å². The van der Waals surface area contributed by atoms with E-state index in [9.17, 15) is 0 Å². The summed E-state index contributed by atoms with van der Waals surface area (Å²) in [6.45, 7) is 0. The summed E-state index contributed by atoms with van der Waals surface area (Å²) < 4.78 is 0.833. The average Bonchev–Trinajstić information content (AvgIpc) is 2.84. The van der Waals surface area contributed by atoms with E-state index in [2.05, 4.69) is 26.1 Å². The second kappa shape index (κ2) is 5.72. The molecule has 0 atom stereocenters. The van der Waals surface area contributed by atoms with E-state index < -0.39 is 0 Å². The molecule has 0 aliphatic carbocycles. The number of H-pyrrole nitrogens is 1. The number of hydrogen-bond acceptors (Lipinski definition) is 2. The first-order valence-electron chi connectivity index (χ1n) is 6.12. The number of rotatable bonds is 2. The molecule has 0 aliphatic heterocycles. The van der Waals surface area contributed by atoms with Gasteiger partial charge >= 0.3 is 0 Å². The zero-order valence-corrected chi connectivity index (χ0v) is 13.8. The van der Waals surface area contributed by atoms with Crippen LogP contribution in [0.3, 0.4) is 0 Å². The molecule has 0 saturated heterocycles. The number of nitrogens with two attached hydrogens (primary N) is 1. The molecule has 0 bridgehead atoms. The fourth-order valence-corrected chi connectivity index (χ4v) is 2.81. The summed E-state index contributed by atoms with van der Waals surface area (Å²) in [5, 5.41) is 8.29. The normalized spacial score (nSPS) is 10.8. The fourth-order valence-electron chi connectivity index (χ4n) is 2.15. The average molecular weight is 383 g/mol. The van der Waals surface area contributed by atoms with Gasteiger partial charge in [-0.05, 0) is 34.1 Å². The molecular formula is C15H10BrCl2N3. The van der Waals surface area contributed by atoms with Gasteiger partial charge < -0.3 is 5.73 Å². The minimum atomic E-state index is 0.400. The van der Waals surface area contributed by atoms with Gasteiger partial charge in [0.25, 0.3) is 0 Å². The number of nitrogens with one attached hydrogen (secondary N) is 1. The van der Waals surface area contributed by atoms with Gasteiger partial charge in [0.05, 0.1) is 16.3 Å². The summed E-state index contributed by atoms with van der Waals surface area (Å²) in [6, 6.07) is 13.2. The first-order chi connectivity index (χ1) is 10.1. The van der Waals surface area contributed by atoms with Gasteiger partial charge in [0.15, 0.2) is 5.82 Å². The van der Waals surface area contributed by atoms with E-state index in [4.69, 9.17) is 28.9 Å². The van der Waals surface area contributed by atoms with Crippen LogP contribution >= 0.6 is 39.1 Å². The molecule has 0 unspecified atom stereocenters. The van der Waals surface area contributed by atoms with Gasteiger partial charge in [0.1, 0.15) is 0 Å². The van der Waals surface area contributed by atoms with Crippen molar-refractivity contribution in [3.63, 3.8) is 0 Å². The summed E-state index contributed by atoms with van der Waals surface area (Å²) in [5.74, 6) is 0.400. The molecule has 3 rings (SSSR count). The molecule has 1 heterocycles. The van der Waals surface area contributed by atoms with Crippen molar-refractivity contribution in [1.82, 2.24) is 10.2 Å². The van der Waals surface area contributed by atoms with Gasteiger partial charge in [0, 0.05) is 20.6 Å². The van der Waals surface area contributed by atoms with Crippen LogP contribution in [-0.4, -0.2) is 10.2 Å². The fraction of sp³-hybridized carbons (Fsp3) is 0. The number of nitrogen functional groups attached to an aromatic ring is 1. The Morgan fingerprint density at radius 1 is 1.05 bits per heavy atom. The minimum Gasteiger partial charge on any atom is -0.382 e. The standard InChI is InChI=1S/C15H10BrCl2N3/c16-10-6-5-8(7-12(10)18)14-13(15(19)21-20-14)9-3-1-2-4-11(9)17/h1-7H,(H3,19,20,21). The largest absolute Gasteiger partial charge is 0.382 e. The molecule has 3 aromatic rings. The van der Waals surface area contributed by atoms with Crippen LogP contribution < -0.4 is 5.73 Å². The van der Waals surface area contributed by atoms with Gasteiger partial charge in [-0.3, -0.25) is 5.10 Å². The third-order valence-corrected chi connectivity index (χ3v) is 4.71. The van der Waals surface area contributed by atoms with Crippen molar-refractivity contribution in [2.45, 2.75) is 0 Å². The van der Waals surface area contributed by atoms with Crippen LogP contribution in [0, 0.1) is 0 Å². The van der Waals surface area contributed by atoms with Crippen LogP contribution in [0.25, 0.3) is 22.4 Å². The quantitative estimate of drug-likeness (QED) is 0.623. The molecule has 2 aromatic carbocycles. The number of benzene rings is 2. The number of anilines is 1. The molecule has 21 heavy (non-hydrogen) atoms. The van der Waals surface area contributed by atoms with E-state index in [1.54, 1.807) is 0 Å². The molecule has 0 fully saturated rings. The molecule has 3 nitrogen and oxygen atoms in total. The molecule has 0 saturated carbocycles. The zero-order chi connectivity index (χ0) is 15.0. The maximum atomic E-state index is 6.27. The van der Waals surface area contributed by atoms with Gasteiger partial charge in [-0.1, -0.05) is 47.5 Å². The first kappa shape index (κ1) is 14.4. The van der Waals surface area contributed by atoms with Crippen molar-refractivity contribution in [2.24, 2.45) is 0 Å². The van der Waals surface area contributed by atoms with Gasteiger partial charge in [-0.15, -0.1) is 0 Å². The van der Waals surface area contributed by atoms with Crippen LogP contribution in [0.2, 0.25) is 10.0 Å². The lowest BCUT2D eigenvalue weighted by atomic mass is 10.0. The Kier molecular flexibility index (Phi) is 3.93. The smallest absolute Gasteiger partial charge is 0.153 e. The molecule has 0 radical (unpaired) electrons.